The van der Waals surface area contributed by atoms with Crippen LogP contribution in [0.1, 0.15) is 24.8 Å². The molecule has 2 aromatic heterocycles. The van der Waals surface area contributed by atoms with Crippen LogP contribution in [0.25, 0.3) is 5.65 Å². The van der Waals surface area contributed by atoms with Gasteiger partial charge in [0.1, 0.15) is 0 Å². The van der Waals surface area contributed by atoms with Crippen molar-refractivity contribution in [2.75, 3.05) is 27.2 Å². The number of likely N-dealkylation sites (N-methyl/N-ethyl adjacent to an activating group) is 2. The molecule has 0 aliphatic carbocycles. The molecule has 0 radical (unpaired) electrons. The topological polar surface area (TPSA) is 36.7 Å². The van der Waals surface area contributed by atoms with Gasteiger partial charge in [-0.3, -0.25) is 0 Å². The highest BCUT2D eigenvalue weighted by Crippen LogP contribution is 2.17. The maximum Gasteiger partial charge on any atom is 0.159 e. The standard InChI is InChI=1S/C15H23N5/c1-18(12-14-6-3-4-8-19(14)2)11-13-10-17-20-9-5-7-16-15(13)20/h5,7,9-10,14H,3-4,6,8,11-12H2,1-2H3. The number of fused-ring (bicyclic) bond motifs is 1. The molecule has 20 heavy (non-hydrogen) atoms. The molecular formula is C15H23N5. The van der Waals surface area contributed by atoms with Crippen LogP contribution in [-0.2, 0) is 6.54 Å². The van der Waals surface area contributed by atoms with Crippen LogP contribution in [0.15, 0.2) is 24.7 Å². The molecule has 0 saturated carbocycles. The smallest absolute Gasteiger partial charge is 0.159 e. The average Bonchev–Trinajstić information content (AvgIpc) is 2.85. The van der Waals surface area contributed by atoms with Crippen molar-refractivity contribution in [1.82, 2.24) is 24.4 Å². The van der Waals surface area contributed by atoms with Gasteiger partial charge in [0.25, 0.3) is 0 Å². The van der Waals surface area contributed by atoms with Gasteiger partial charge in [-0.05, 0) is 39.5 Å². The lowest BCUT2D eigenvalue weighted by atomic mass is 10.0. The number of hydrogen-bond donors (Lipinski definition) is 0. The third-order valence-corrected chi connectivity index (χ3v) is 4.24. The lowest BCUT2D eigenvalue weighted by Crippen LogP contribution is -2.43. The number of hydrogen-bond acceptors (Lipinski definition) is 4. The first kappa shape index (κ1) is 13.5. The molecule has 0 aromatic carbocycles. The lowest BCUT2D eigenvalue weighted by Gasteiger charge is -2.35. The minimum atomic E-state index is 0.684. The highest BCUT2D eigenvalue weighted by molar-refractivity contribution is 5.45. The summed E-state index contributed by atoms with van der Waals surface area (Å²) in [5.74, 6) is 0. The summed E-state index contributed by atoms with van der Waals surface area (Å²) in [6.45, 7) is 3.25. The van der Waals surface area contributed by atoms with Crippen molar-refractivity contribution in [1.29, 1.82) is 0 Å². The Morgan fingerprint density at radius 2 is 2.30 bits per heavy atom. The van der Waals surface area contributed by atoms with Crippen LogP contribution < -0.4 is 0 Å². The van der Waals surface area contributed by atoms with Gasteiger partial charge in [-0.2, -0.15) is 5.10 Å². The Morgan fingerprint density at radius 1 is 1.40 bits per heavy atom. The average molecular weight is 273 g/mol. The van der Waals surface area contributed by atoms with Gasteiger partial charge >= 0.3 is 0 Å². The molecule has 0 spiro atoms. The Hall–Kier alpha value is -1.46. The van der Waals surface area contributed by atoms with E-state index in [0.717, 1.165) is 18.7 Å². The fourth-order valence-corrected chi connectivity index (χ4v) is 3.08. The van der Waals surface area contributed by atoms with Crippen molar-refractivity contribution in [2.24, 2.45) is 0 Å². The second-order valence-corrected chi connectivity index (χ2v) is 5.88. The fourth-order valence-electron chi connectivity index (χ4n) is 3.08. The molecular weight excluding hydrogens is 250 g/mol. The van der Waals surface area contributed by atoms with Crippen LogP contribution in [0, 0.1) is 0 Å². The first-order chi connectivity index (χ1) is 9.74. The second-order valence-electron chi connectivity index (χ2n) is 5.88. The molecule has 3 rings (SSSR count). The third-order valence-electron chi connectivity index (χ3n) is 4.24. The zero-order valence-corrected chi connectivity index (χ0v) is 12.4. The number of piperidine rings is 1. The molecule has 1 atom stereocenters. The second kappa shape index (κ2) is 5.89. The molecule has 1 fully saturated rings. The molecule has 108 valence electrons. The summed E-state index contributed by atoms with van der Waals surface area (Å²) in [6.07, 6.45) is 9.73. The monoisotopic (exact) mass is 273 g/mol. The minimum absolute atomic E-state index is 0.684. The predicted molar refractivity (Wildman–Crippen MR) is 79.6 cm³/mol. The summed E-state index contributed by atoms with van der Waals surface area (Å²) in [7, 11) is 4.43. The molecule has 3 heterocycles. The fraction of sp³-hybridized carbons (Fsp3) is 0.600. The number of rotatable bonds is 4. The molecule has 1 aliphatic rings. The van der Waals surface area contributed by atoms with Gasteiger partial charge < -0.3 is 9.80 Å². The molecule has 5 nitrogen and oxygen atoms in total. The molecule has 0 N–H and O–H groups in total. The summed E-state index contributed by atoms with van der Waals surface area (Å²) in [5, 5.41) is 4.35. The highest BCUT2D eigenvalue weighted by Gasteiger charge is 2.20. The molecule has 2 aromatic rings. The predicted octanol–water partition coefficient (Wildman–Crippen LogP) is 1.65. The van der Waals surface area contributed by atoms with Crippen molar-refractivity contribution in [3.05, 3.63) is 30.2 Å². The van der Waals surface area contributed by atoms with Crippen LogP contribution in [0.5, 0.6) is 0 Å². The van der Waals surface area contributed by atoms with E-state index >= 15 is 0 Å². The molecule has 0 bridgehead atoms. The molecule has 1 unspecified atom stereocenters. The van der Waals surface area contributed by atoms with Crippen LogP contribution in [0.2, 0.25) is 0 Å². The van der Waals surface area contributed by atoms with E-state index in [4.69, 9.17) is 0 Å². The molecule has 5 heteroatoms. The quantitative estimate of drug-likeness (QED) is 0.848. The summed E-state index contributed by atoms with van der Waals surface area (Å²) < 4.78 is 1.84. The first-order valence-electron chi connectivity index (χ1n) is 7.40. The van der Waals surface area contributed by atoms with Gasteiger partial charge in [0.05, 0.1) is 6.20 Å². The number of nitrogens with zero attached hydrogens (tertiary/aromatic N) is 5. The molecule has 1 aliphatic heterocycles. The summed E-state index contributed by atoms with van der Waals surface area (Å²) in [4.78, 5) is 9.30. The van der Waals surface area contributed by atoms with Crippen LogP contribution in [-0.4, -0.2) is 57.6 Å². The Morgan fingerprint density at radius 3 is 3.15 bits per heavy atom. The first-order valence-corrected chi connectivity index (χ1v) is 7.40. The van der Waals surface area contributed by atoms with Crippen LogP contribution >= 0.6 is 0 Å². The van der Waals surface area contributed by atoms with Gasteiger partial charge in [-0.15, -0.1) is 0 Å². The van der Waals surface area contributed by atoms with E-state index in [1.165, 1.54) is 31.4 Å². The van der Waals surface area contributed by atoms with E-state index < -0.39 is 0 Å². The lowest BCUT2D eigenvalue weighted by molar-refractivity contribution is 0.138. The summed E-state index contributed by atoms with van der Waals surface area (Å²) in [5.41, 5.74) is 2.17. The van der Waals surface area contributed by atoms with E-state index in [1.807, 2.05) is 29.2 Å². The van der Waals surface area contributed by atoms with Crippen LogP contribution in [0.3, 0.4) is 0 Å². The van der Waals surface area contributed by atoms with Gasteiger partial charge in [0.15, 0.2) is 5.65 Å². The third kappa shape index (κ3) is 2.83. The van der Waals surface area contributed by atoms with Gasteiger partial charge in [0, 0.05) is 37.1 Å². The van der Waals surface area contributed by atoms with E-state index in [-0.39, 0.29) is 0 Å². The van der Waals surface area contributed by atoms with E-state index in [0.29, 0.717) is 6.04 Å². The maximum absolute atomic E-state index is 4.42. The van der Waals surface area contributed by atoms with Crippen molar-refractivity contribution in [3.8, 4) is 0 Å². The Labute approximate surface area is 120 Å². The maximum atomic E-state index is 4.42. The van der Waals surface area contributed by atoms with Crippen molar-refractivity contribution < 1.29 is 0 Å². The van der Waals surface area contributed by atoms with Crippen molar-refractivity contribution in [3.63, 3.8) is 0 Å². The number of likely N-dealkylation sites (tertiary alicyclic amines) is 1. The van der Waals surface area contributed by atoms with Crippen molar-refractivity contribution >= 4 is 5.65 Å². The molecule has 1 saturated heterocycles. The van der Waals surface area contributed by atoms with Gasteiger partial charge in [-0.25, -0.2) is 9.50 Å². The number of aromatic nitrogens is 3. The Kier molecular flexibility index (Phi) is 3.98. The zero-order valence-electron chi connectivity index (χ0n) is 12.4. The van der Waals surface area contributed by atoms with Gasteiger partial charge in [0.2, 0.25) is 0 Å². The van der Waals surface area contributed by atoms with E-state index in [1.54, 1.807) is 0 Å². The van der Waals surface area contributed by atoms with E-state index in [2.05, 4.69) is 34.0 Å². The van der Waals surface area contributed by atoms with E-state index in [9.17, 15) is 0 Å². The summed E-state index contributed by atoms with van der Waals surface area (Å²) in [6, 6.07) is 2.59. The summed E-state index contributed by atoms with van der Waals surface area (Å²) >= 11 is 0. The molecule has 0 amide bonds. The minimum Gasteiger partial charge on any atom is -0.302 e. The SMILES string of the molecule is CN(Cc1cnn2cccnc12)CC1CCCCN1C. The zero-order chi connectivity index (χ0) is 13.9. The highest BCUT2D eigenvalue weighted by atomic mass is 15.2. The van der Waals surface area contributed by atoms with Gasteiger partial charge in [-0.1, -0.05) is 6.42 Å². The normalized spacial score (nSPS) is 20.9. The largest absolute Gasteiger partial charge is 0.302 e. The van der Waals surface area contributed by atoms with Crippen LogP contribution in [0.4, 0.5) is 0 Å². The Bertz CT molecular complexity index is 564. The Balaban J connectivity index is 1.65. The van der Waals surface area contributed by atoms with Crippen molar-refractivity contribution in [2.45, 2.75) is 31.8 Å².